The van der Waals surface area contributed by atoms with Gasteiger partial charge in [0.2, 0.25) is 5.91 Å². The number of ether oxygens (including phenoxy) is 1. The Hall–Kier alpha value is -2.57. The highest BCUT2D eigenvalue weighted by Gasteiger charge is 2.40. The van der Waals surface area contributed by atoms with E-state index in [0.717, 1.165) is 28.8 Å². The first kappa shape index (κ1) is 19.2. The second kappa shape index (κ2) is 7.58. The molecule has 2 heterocycles. The Balaban J connectivity index is 1.89. The van der Waals surface area contributed by atoms with Gasteiger partial charge in [-0.3, -0.25) is 4.79 Å². The molecular formula is C20H28N4O3. The van der Waals surface area contributed by atoms with Crippen LogP contribution >= 0.6 is 0 Å². The van der Waals surface area contributed by atoms with Crippen molar-refractivity contribution in [2.75, 3.05) is 13.7 Å². The lowest BCUT2D eigenvalue weighted by Crippen LogP contribution is -2.51. The number of hydrogen-bond donors (Lipinski definition) is 2. The molecule has 1 aliphatic heterocycles. The average Bonchev–Trinajstić information content (AvgIpc) is 3.21. The molecule has 1 fully saturated rings. The molecule has 146 valence electrons. The van der Waals surface area contributed by atoms with Crippen LogP contribution in [0.15, 0.2) is 18.2 Å². The number of hydrogen-bond acceptors (Lipinski definition) is 4. The minimum absolute atomic E-state index is 0.0496. The topological polar surface area (TPSA) is 87.3 Å². The summed E-state index contributed by atoms with van der Waals surface area (Å²) in [5, 5.41) is 2.68. The fraction of sp³-hybridized carbons (Fsp3) is 0.550. The smallest absolute Gasteiger partial charge is 0.407 e. The maximum absolute atomic E-state index is 13.3. The zero-order chi connectivity index (χ0) is 19.7. The molecule has 0 saturated carbocycles. The molecule has 1 aliphatic rings. The van der Waals surface area contributed by atoms with E-state index in [4.69, 9.17) is 4.98 Å². The van der Waals surface area contributed by atoms with Gasteiger partial charge in [0.1, 0.15) is 11.9 Å². The third kappa shape index (κ3) is 3.91. The number of aryl methyl sites for hydroxylation is 1. The SMILES string of the molecule is COC(=O)N[C@H](C(=O)N1C[C@@H](C)C[C@H]1c1nc2ccc(C)cc2[nH]1)C(C)C. The molecule has 7 nitrogen and oxygen atoms in total. The monoisotopic (exact) mass is 372 g/mol. The lowest BCUT2D eigenvalue weighted by Gasteiger charge is -2.30. The van der Waals surface area contributed by atoms with Gasteiger partial charge in [0.05, 0.1) is 24.2 Å². The molecule has 2 amide bonds. The van der Waals surface area contributed by atoms with Crippen LogP contribution < -0.4 is 5.32 Å². The van der Waals surface area contributed by atoms with Crippen molar-refractivity contribution in [3.63, 3.8) is 0 Å². The highest BCUT2D eigenvalue weighted by Crippen LogP contribution is 2.35. The third-order valence-electron chi connectivity index (χ3n) is 5.16. The van der Waals surface area contributed by atoms with Crippen molar-refractivity contribution in [1.29, 1.82) is 0 Å². The molecule has 1 saturated heterocycles. The number of likely N-dealkylation sites (tertiary alicyclic amines) is 1. The van der Waals surface area contributed by atoms with Crippen LogP contribution in [-0.4, -0.2) is 46.6 Å². The van der Waals surface area contributed by atoms with Crippen molar-refractivity contribution in [2.24, 2.45) is 11.8 Å². The number of aromatic amines is 1. The molecule has 1 aromatic carbocycles. The number of nitrogens with zero attached hydrogens (tertiary/aromatic N) is 2. The van der Waals surface area contributed by atoms with Crippen LogP contribution in [0.3, 0.4) is 0 Å². The highest BCUT2D eigenvalue weighted by atomic mass is 16.5. The predicted molar refractivity (Wildman–Crippen MR) is 103 cm³/mol. The number of carbonyl (C=O) groups is 2. The minimum Gasteiger partial charge on any atom is -0.453 e. The third-order valence-corrected chi connectivity index (χ3v) is 5.16. The summed E-state index contributed by atoms with van der Waals surface area (Å²) in [4.78, 5) is 34.9. The minimum atomic E-state index is -0.628. The van der Waals surface area contributed by atoms with Crippen molar-refractivity contribution in [2.45, 2.75) is 46.2 Å². The van der Waals surface area contributed by atoms with E-state index in [-0.39, 0.29) is 17.9 Å². The lowest BCUT2D eigenvalue weighted by molar-refractivity contribution is -0.135. The first-order chi connectivity index (χ1) is 12.8. The lowest BCUT2D eigenvalue weighted by atomic mass is 10.0. The van der Waals surface area contributed by atoms with E-state index in [9.17, 15) is 9.59 Å². The summed E-state index contributed by atoms with van der Waals surface area (Å²) in [5.41, 5.74) is 3.04. The Labute approximate surface area is 159 Å². The maximum atomic E-state index is 13.3. The zero-order valence-electron chi connectivity index (χ0n) is 16.6. The van der Waals surface area contributed by atoms with E-state index in [2.05, 4.69) is 28.0 Å². The van der Waals surface area contributed by atoms with Gasteiger partial charge >= 0.3 is 6.09 Å². The molecule has 0 aliphatic carbocycles. The van der Waals surface area contributed by atoms with Crippen LogP contribution in [0.1, 0.15) is 44.6 Å². The molecule has 2 N–H and O–H groups in total. The van der Waals surface area contributed by atoms with E-state index in [1.54, 1.807) is 0 Å². The second-order valence-corrected chi connectivity index (χ2v) is 7.85. The Morgan fingerprint density at radius 2 is 2.11 bits per heavy atom. The van der Waals surface area contributed by atoms with Gasteiger partial charge in [0.15, 0.2) is 0 Å². The van der Waals surface area contributed by atoms with Crippen LogP contribution in [0.2, 0.25) is 0 Å². The molecule has 27 heavy (non-hydrogen) atoms. The quantitative estimate of drug-likeness (QED) is 0.863. The predicted octanol–water partition coefficient (Wildman–Crippen LogP) is 3.16. The fourth-order valence-corrected chi connectivity index (χ4v) is 3.73. The summed E-state index contributed by atoms with van der Waals surface area (Å²) >= 11 is 0. The van der Waals surface area contributed by atoms with E-state index in [0.29, 0.717) is 12.5 Å². The molecule has 0 spiro atoms. The molecule has 0 bridgehead atoms. The summed E-state index contributed by atoms with van der Waals surface area (Å²) in [6, 6.07) is 5.33. The summed E-state index contributed by atoms with van der Waals surface area (Å²) in [6.07, 6.45) is 0.248. The molecule has 0 unspecified atom stereocenters. The number of fused-ring (bicyclic) bond motifs is 1. The van der Waals surface area contributed by atoms with Crippen LogP contribution in [0.5, 0.6) is 0 Å². The van der Waals surface area contributed by atoms with Crippen molar-refractivity contribution in [1.82, 2.24) is 20.2 Å². The van der Waals surface area contributed by atoms with E-state index in [1.807, 2.05) is 37.8 Å². The molecule has 3 atom stereocenters. The number of benzene rings is 1. The normalized spacial score (nSPS) is 20.9. The first-order valence-corrected chi connectivity index (χ1v) is 9.41. The Kier molecular flexibility index (Phi) is 5.39. The molecular weight excluding hydrogens is 344 g/mol. The molecule has 7 heteroatoms. The average molecular weight is 372 g/mol. The molecule has 3 rings (SSSR count). The van der Waals surface area contributed by atoms with Gasteiger partial charge in [0.25, 0.3) is 0 Å². The maximum Gasteiger partial charge on any atom is 0.407 e. The van der Waals surface area contributed by atoms with Gasteiger partial charge in [-0.2, -0.15) is 0 Å². The van der Waals surface area contributed by atoms with Gasteiger partial charge < -0.3 is 19.9 Å². The number of carbonyl (C=O) groups excluding carboxylic acids is 2. The van der Waals surface area contributed by atoms with Gasteiger partial charge in [-0.15, -0.1) is 0 Å². The van der Waals surface area contributed by atoms with Crippen molar-refractivity contribution in [3.8, 4) is 0 Å². The summed E-state index contributed by atoms with van der Waals surface area (Å²) < 4.78 is 4.69. The molecule has 1 aromatic heterocycles. The Morgan fingerprint density at radius 3 is 2.78 bits per heavy atom. The van der Waals surface area contributed by atoms with E-state index < -0.39 is 12.1 Å². The van der Waals surface area contributed by atoms with Gasteiger partial charge in [-0.1, -0.05) is 26.8 Å². The Bertz CT molecular complexity index is 845. The molecule has 0 radical (unpaired) electrons. The van der Waals surface area contributed by atoms with Crippen molar-refractivity contribution >= 4 is 23.0 Å². The van der Waals surface area contributed by atoms with Crippen LogP contribution in [0.4, 0.5) is 4.79 Å². The Morgan fingerprint density at radius 1 is 1.37 bits per heavy atom. The molecule has 2 aromatic rings. The number of alkyl carbamates (subject to hydrolysis) is 1. The number of aromatic nitrogens is 2. The first-order valence-electron chi connectivity index (χ1n) is 9.41. The van der Waals surface area contributed by atoms with E-state index in [1.165, 1.54) is 7.11 Å². The zero-order valence-corrected chi connectivity index (χ0v) is 16.6. The van der Waals surface area contributed by atoms with E-state index >= 15 is 0 Å². The van der Waals surface area contributed by atoms with Gasteiger partial charge in [-0.05, 0) is 42.9 Å². The summed E-state index contributed by atoms with van der Waals surface area (Å²) in [7, 11) is 1.30. The second-order valence-electron chi connectivity index (χ2n) is 7.85. The summed E-state index contributed by atoms with van der Waals surface area (Å²) in [6.45, 7) is 8.64. The van der Waals surface area contributed by atoms with Crippen LogP contribution in [0.25, 0.3) is 11.0 Å². The van der Waals surface area contributed by atoms with Crippen LogP contribution in [-0.2, 0) is 9.53 Å². The number of amides is 2. The van der Waals surface area contributed by atoms with Crippen molar-refractivity contribution in [3.05, 3.63) is 29.6 Å². The number of nitrogens with one attached hydrogen (secondary N) is 2. The van der Waals surface area contributed by atoms with Crippen LogP contribution in [0, 0.1) is 18.8 Å². The number of H-pyrrole nitrogens is 1. The van der Waals surface area contributed by atoms with Crippen molar-refractivity contribution < 1.29 is 14.3 Å². The fourth-order valence-electron chi connectivity index (χ4n) is 3.73. The number of rotatable bonds is 4. The highest BCUT2D eigenvalue weighted by molar-refractivity contribution is 5.86. The van der Waals surface area contributed by atoms with Gasteiger partial charge in [0, 0.05) is 6.54 Å². The summed E-state index contributed by atoms with van der Waals surface area (Å²) in [5.74, 6) is 1.02. The number of imidazole rings is 1. The largest absolute Gasteiger partial charge is 0.453 e. The van der Waals surface area contributed by atoms with Gasteiger partial charge in [-0.25, -0.2) is 9.78 Å². The standard InChI is InChI=1S/C20H28N4O3/c1-11(2)17(23-20(26)27-5)19(25)24-10-13(4)9-16(24)18-21-14-7-6-12(3)8-15(14)22-18/h6-8,11,13,16-17H,9-10H2,1-5H3,(H,21,22)(H,23,26)/t13-,16-,17-/m0/s1. The number of methoxy groups -OCH3 is 1.